The molecule has 0 saturated carbocycles. The molecule has 0 spiro atoms. The van der Waals surface area contributed by atoms with E-state index >= 15 is 0 Å². The van der Waals surface area contributed by atoms with Crippen LogP contribution in [0, 0.1) is 6.92 Å². The Bertz CT molecular complexity index is 1100. The van der Waals surface area contributed by atoms with Gasteiger partial charge in [-0.25, -0.2) is 0 Å². The summed E-state index contributed by atoms with van der Waals surface area (Å²) in [6.45, 7) is 2.61. The number of fused-ring (bicyclic) bond motifs is 1. The molecular formula is C22H17BrN2O. The largest absolute Gasteiger partial charge is 0.287 e. The van der Waals surface area contributed by atoms with Gasteiger partial charge in [0.25, 0.3) is 0 Å². The lowest BCUT2D eigenvalue weighted by Gasteiger charge is -2.03. The summed E-state index contributed by atoms with van der Waals surface area (Å²) < 4.78 is 2.84. The van der Waals surface area contributed by atoms with Crippen LogP contribution in [0.5, 0.6) is 0 Å². The third-order valence-corrected chi connectivity index (χ3v) is 4.88. The summed E-state index contributed by atoms with van der Waals surface area (Å²) in [5.41, 5.74) is 4.31. The summed E-state index contributed by atoms with van der Waals surface area (Å²) in [5, 5.41) is 5.54. The van der Waals surface area contributed by atoms with Crippen LogP contribution in [0.4, 0.5) is 0 Å². The number of halogens is 1. The van der Waals surface area contributed by atoms with Crippen LogP contribution in [0.1, 0.15) is 27.2 Å². The number of carbonyl (C=O) groups excluding carboxylic acids is 1. The Kier molecular flexibility index (Phi) is 4.43. The number of hydrogen-bond acceptors (Lipinski definition) is 2. The van der Waals surface area contributed by atoms with Gasteiger partial charge in [-0.3, -0.25) is 9.48 Å². The molecule has 3 nitrogen and oxygen atoms in total. The molecule has 0 atom stereocenters. The number of hydrogen-bond donors (Lipinski definition) is 0. The molecule has 0 aliphatic carbocycles. The number of carbonyl (C=O) groups is 1. The van der Waals surface area contributed by atoms with E-state index in [1.807, 2.05) is 72.3 Å². The van der Waals surface area contributed by atoms with Crippen molar-refractivity contribution in [2.75, 3.05) is 0 Å². The summed E-state index contributed by atoms with van der Waals surface area (Å²) in [6, 6.07) is 23.7. The third kappa shape index (κ3) is 3.20. The molecule has 26 heavy (non-hydrogen) atoms. The van der Waals surface area contributed by atoms with Crippen molar-refractivity contribution in [2.45, 2.75) is 13.5 Å². The van der Waals surface area contributed by atoms with Crippen molar-refractivity contribution in [3.8, 4) is 0 Å². The molecule has 0 fully saturated rings. The van der Waals surface area contributed by atoms with Crippen molar-refractivity contribution < 1.29 is 4.79 Å². The number of benzene rings is 3. The van der Waals surface area contributed by atoms with Gasteiger partial charge in [-0.15, -0.1) is 0 Å². The molecule has 0 saturated heterocycles. The van der Waals surface area contributed by atoms with Crippen LogP contribution in [0.3, 0.4) is 0 Å². The van der Waals surface area contributed by atoms with Gasteiger partial charge in [0.1, 0.15) is 5.69 Å². The van der Waals surface area contributed by atoms with E-state index in [1.54, 1.807) is 0 Å². The summed E-state index contributed by atoms with van der Waals surface area (Å²) in [4.78, 5) is 13.1. The van der Waals surface area contributed by atoms with E-state index in [1.165, 1.54) is 0 Å². The van der Waals surface area contributed by atoms with Crippen LogP contribution in [0.15, 0.2) is 77.3 Å². The number of aryl methyl sites for hydroxylation is 1. The molecule has 4 aromatic rings. The van der Waals surface area contributed by atoms with E-state index in [-0.39, 0.29) is 5.78 Å². The average molecular weight is 405 g/mol. The Hall–Kier alpha value is -2.72. The Morgan fingerprint density at radius 2 is 1.81 bits per heavy atom. The highest BCUT2D eigenvalue weighted by atomic mass is 79.9. The molecule has 0 bridgehead atoms. The molecule has 128 valence electrons. The van der Waals surface area contributed by atoms with E-state index in [9.17, 15) is 4.79 Å². The van der Waals surface area contributed by atoms with Crippen molar-refractivity contribution in [2.24, 2.45) is 0 Å². The van der Waals surface area contributed by atoms with Gasteiger partial charge in [0.2, 0.25) is 5.78 Å². The van der Waals surface area contributed by atoms with E-state index in [0.29, 0.717) is 17.8 Å². The fraction of sp³-hybridized carbons (Fsp3) is 0.0909. The number of rotatable bonds is 4. The second-order valence-corrected chi connectivity index (χ2v) is 7.27. The molecule has 4 heteroatoms. The fourth-order valence-electron chi connectivity index (χ4n) is 3.12. The van der Waals surface area contributed by atoms with Crippen LogP contribution >= 0.6 is 15.9 Å². The average Bonchev–Trinajstić information content (AvgIpc) is 2.99. The van der Waals surface area contributed by atoms with Crippen molar-refractivity contribution in [3.05, 3.63) is 99.7 Å². The van der Waals surface area contributed by atoms with Crippen LogP contribution in [-0.4, -0.2) is 15.6 Å². The first kappa shape index (κ1) is 16.7. The van der Waals surface area contributed by atoms with Crippen molar-refractivity contribution in [1.82, 2.24) is 9.78 Å². The minimum Gasteiger partial charge on any atom is -0.287 e. The molecule has 3 aromatic carbocycles. The monoisotopic (exact) mass is 404 g/mol. The van der Waals surface area contributed by atoms with Gasteiger partial charge >= 0.3 is 0 Å². The van der Waals surface area contributed by atoms with E-state index in [4.69, 9.17) is 0 Å². The first-order valence-corrected chi connectivity index (χ1v) is 9.22. The second-order valence-electron chi connectivity index (χ2n) is 6.35. The van der Waals surface area contributed by atoms with Crippen LogP contribution < -0.4 is 0 Å². The minimum atomic E-state index is -0.0522. The number of ketones is 1. The molecule has 0 amide bonds. The molecule has 1 heterocycles. The zero-order chi connectivity index (χ0) is 18.1. The molecule has 0 aliphatic heterocycles. The van der Waals surface area contributed by atoms with Crippen molar-refractivity contribution >= 4 is 32.6 Å². The predicted octanol–water partition coefficient (Wildman–Crippen LogP) is 5.39. The van der Waals surface area contributed by atoms with Gasteiger partial charge in [-0.1, -0.05) is 70.0 Å². The molecular weight excluding hydrogens is 388 g/mol. The van der Waals surface area contributed by atoms with Crippen LogP contribution in [0.2, 0.25) is 0 Å². The van der Waals surface area contributed by atoms with Crippen molar-refractivity contribution in [1.29, 1.82) is 0 Å². The summed E-state index contributed by atoms with van der Waals surface area (Å²) in [7, 11) is 0. The van der Waals surface area contributed by atoms with Gasteiger partial charge in [0, 0.05) is 15.4 Å². The standard InChI is InChI=1S/C22H17BrN2O/c1-15-6-5-9-17(12-15)22(26)21-19-13-18(23)10-11-20(19)25(24-21)14-16-7-3-2-4-8-16/h2-13H,14H2,1H3. The highest BCUT2D eigenvalue weighted by Gasteiger charge is 2.19. The highest BCUT2D eigenvalue weighted by molar-refractivity contribution is 9.10. The van der Waals surface area contributed by atoms with Gasteiger partial charge in [-0.2, -0.15) is 5.10 Å². The van der Waals surface area contributed by atoms with Crippen molar-refractivity contribution in [3.63, 3.8) is 0 Å². The van der Waals surface area contributed by atoms with E-state index < -0.39 is 0 Å². The maximum atomic E-state index is 13.1. The zero-order valence-electron chi connectivity index (χ0n) is 14.3. The molecule has 0 unspecified atom stereocenters. The summed E-state index contributed by atoms with van der Waals surface area (Å²) >= 11 is 3.51. The Balaban J connectivity index is 1.84. The van der Waals surface area contributed by atoms with E-state index in [2.05, 4.69) is 33.2 Å². The zero-order valence-corrected chi connectivity index (χ0v) is 15.9. The van der Waals surface area contributed by atoms with Crippen LogP contribution in [0.25, 0.3) is 10.9 Å². The van der Waals surface area contributed by atoms with Gasteiger partial charge in [0.15, 0.2) is 0 Å². The highest BCUT2D eigenvalue weighted by Crippen LogP contribution is 2.26. The Morgan fingerprint density at radius 3 is 2.58 bits per heavy atom. The normalized spacial score (nSPS) is 11.0. The smallest absolute Gasteiger partial charge is 0.213 e. The summed E-state index contributed by atoms with van der Waals surface area (Å²) in [6.07, 6.45) is 0. The molecule has 0 aliphatic rings. The SMILES string of the molecule is Cc1cccc(C(=O)c2nn(Cc3ccccc3)c3ccc(Br)cc23)c1. The lowest BCUT2D eigenvalue weighted by molar-refractivity contribution is 0.103. The Labute approximate surface area is 160 Å². The quantitative estimate of drug-likeness (QED) is 0.427. The van der Waals surface area contributed by atoms with E-state index in [0.717, 1.165) is 26.5 Å². The first-order valence-electron chi connectivity index (χ1n) is 8.43. The maximum Gasteiger partial charge on any atom is 0.213 e. The fourth-order valence-corrected chi connectivity index (χ4v) is 3.48. The molecule has 4 rings (SSSR count). The lowest BCUT2D eigenvalue weighted by atomic mass is 10.0. The molecule has 0 radical (unpaired) electrons. The van der Waals surface area contributed by atoms with Gasteiger partial charge < -0.3 is 0 Å². The topological polar surface area (TPSA) is 34.9 Å². The molecule has 1 aromatic heterocycles. The Morgan fingerprint density at radius 1 is 1.00 bits per heavy atom. The lowest BCUT2D eigenvalue weighted by Crippen LogP contribution is -2.06. The van der Waals surface area contributed by atoms with Gasteiger partial charge in [0.05, 0.1) is 12.1 Å². The van der Waals surface area contributed by atoms with Crippen LogP contribution in [-0.2, 0) is 6.54 Å². The third-order valence-electron chi connectivity index (χ3n) is 4.38. The predicted molar refractivity (Wildman–Crippen MR) is 108 cm³/mol. The summed E-state index contributed by atoms with van der Waals surface area (Å²) in [5.74, 6) is -0.0522. The minimum absolute atomic E-state index is 0.0522. The maximum absolute atomic E-state index is 13.1. The molecule has 0 N–H and O–H groups in total. The first-order chi connectivity index (χ1) is 12.6. The van der Waals surface area contributed by atoms with Gasteiger partial charge in [-0.05, 0) is 36.8 Å². The number of nitrogens with zero attached hydrogens (tertiary/aromatic N) is 2. The number of aromatic nitrogens is 2. The second kappa shape index (κ2) is 6.89.